The first-order valence-corrected chi connectivity index (χ1v) is 7.61. The molecule has 6 heteroatoms. The fourth-order valence-electron chi connectivity index (χ4n) is 2.05. The van der Waals surface area contributed by atoms with Gasteiger partial charge >= 0.3 is 0 Å². The molecule has 1 aromatic heterocycles. The Balaban J connectivity index is 2.68. The van der Waals surface area contributed by atoms with Crippen molar-refractivity contribution >= 4 is 28.4 Å². The van der Waals surface area contributed by atoms with Gasteiger partial charge in [0.05, 0.1) is 29.0 Å². The summed E-state index contributed by atoms with van der Waals surface area (Å²) in [6, 6.07) is 5.61. The summed E-state index contributed by atoms with van der Waals surface area (Å²) >= 11 is 2.18. The third-order valence-electron chi connectivity index (χ3n) is 3.09. The number of anilines is 1. The van der Waals surface area contributed by atoms with Gasteiger partial charge in [-0.15, -0.1) is 0 Å². The van der Waals surface area contributed by atoms with Crippen molar-refractivity contribution in [2.24, 2.45) is 0 Å². The van der Waals surface area contributed by atoms with Crippen LogP contribution in [-0.2, 0) is 0 Å². The van der Waals surface area contributed by atoms with Crippen LogP contribution >= 0.6 is 22.6 Å². The molecular weight excluding hydrogens is 381 g/mol. The molecule has 5 nitrogen and oxygen atoms in total. The summed E-state index contributed by atoms with van der Waals surface area (Å²) in [5, 5.41) is 0. The van der Waals surface area contributed by atoms with Gasteiger partial charge in [0.1, 0.15) is 5.82 Å². The van der Waals surface area contributed by atoms with Crippen LogP contribution in [0.4, 0.5) is 5.82 Å². The fourth-order valence-corrected chi connectivity index (χ4v) is 2.91. The minimum atomic E-state index is 0.262. The Morgan fingerprint density at radius 3 is 2.43 bits per heavy atom. The Kier molecular flexibility index (Phi) is 4.87. The van der Waals surface area contributed by atoms with Gasteiger partial charge in [-0.25, -0.2) is 9.97 Å². The van der Waals surface area contributed by atoms with Crippen LogP contribution in [0, 0.1) is 3.57 Å². The van der Waals surface area contributed by atoms with Crippen molar-refractivity contribution in [3.63, 3.8) is 0 Å². The topological polar surface area (TPSA) is 70.3 Å². The number of methoxy groups -OCH3 is 2. The van der Waals surface area contributed by atoms with Crippen molar-refractivity contribution in [3.05, 3.63) is 27.5 Å². The van der Waals surface area contributed by atoms with Crippen molar-refractivity contribution in [2.45, 2.75) is 19.8 Å². The lowest BCUT2D eigenvalue weighted by molar-refractivity contribution is 0.356. The van der Waals surface area contributed by atoms with Crippen LogP contribution < -0.4 is 15.2 Å². The van der Waals surface area contributed by atoms with Crippen molar-refractivity contribution in [1.29, 1.82) is 0 Å². The van der Waals surface area contributed by atoms with Gasteiger partial charge in [-0.05, 0) is 40.6 Å². The molecule has 112 valence electrons. The quantitative estimate of drug-likeness (QED) is 0.798. The monoisotopic (exact) mass is 399 g/mol. The lowest BCUT2D eigenvalue weighted by atomic mass is 10.1. The smallest absolute Gasteiger partial charge is 0.171 e. The Morgan fingerprint density at radius 1 is 1.14 bits per heavy atom. The number of nitrogens with two attached hydrogens (primary N) is 1. The minimum absolute atomic E-state index is 0.262. The zero-order chi connectivity index (χ0) is 15.6. The molecule has 0 spiro atoms. The highest BCUT2D eigenvalue weighted by atomic mass is 127. The first kappa shape index (κ1) is 15.8. The number of halogens is 1. The molecule has 0 saturated heterocycles. The largest absolute Gasteiger partial charge is 0.493 e. The van der Waals surface area contributed by atoms with Gasteiger partial charge in [-0.3, -0.25) is 0 Å². The number of hydrogen-bond donors (Lipinski definition) is 1. The molecule has 1 heterocycles. The second-order valence-electron chi connectivity index (χ2n) is 4.83. The van der Waals surface area contributed by atoms with Gasteiger partial charge < -0.3 is 15.2 Å². The Bertz CT molecular complexity index is 660. The van der Waals surface area contributed by atoms with Crippen LogP contribution in [0.3, 0.4) is 0 Å². The second-order valence-corrected chi connectivity index (χ2v) is 5.91. The van der Waals surface area contributed by atoms with E-state index in [9.17, 15) is 0 Å². The van der Waals surface area contributed by atoms with E-state index in [0.29, 0.717) is 23.1 Å². The summed E-state index contributed by atoms with van der Waals surface area (Å²) < 4.78 is 11.7. The predicted molar refractivity (Wildman–Crippen MR) is 91.8 cm³/mol. The molecule has 2 rings (SSSR count). The van der Waals surface area contributed by atoms with E-state index in [-0.39, 0.29) is 5.92 Å². The van der Waals surface area contributed by atoms with E-state index >= 15 is 0 Å². The summed E-state index contributed by atoms with van der Waals surface area (Å²) in [6.45, 7) is 4.16. The van der Waals surface area contributed by atoms with E-state index in [1.807, 2.05) is 18.2 Å². The summed E-state index contributed by atoms with van der Waals surface area (Å²) in [5.41, 5.74) is 7.73. The summed E-state index contributed by atoms with van der Waals surface area (Å²) in [4.78, 5) is 9.05. The SMILES string of the molecule is COc1cccc(-c2nc(N)c(I)c(C(C)C)n2)c1OC. The molecule has 2 aromatic rings. The predicted octanol–water partition coefficient (Wildman–Crippen LogP) is 3.47. The van der Waals surface area contributed by atoms with Crippen molar-refractivity contribution in [2.75, 3.05) is 20.0 Å². The number of nitrogen functional groups attached to an aromatic ring is 1. The number of para-hydroxylation sites is 1. The van der Waals surface area contributed by atoms with Crippen LogP contribution in [0.2, 0.25) is 0 Å². The number of ether oxygens (including phenoxy) is 2. The Hall–Kier alpha value is -1.57. The molecule has 0 aliphatic carbocycles. The zero-order valence-corrected chi connectivity index (χ0v) is 14.6. The average molecular weight is 399 g/mol. The summed E-state index contributed by atoms with van der Waals surface area (Å²) in [5.74, 6) is 2.54. The highest BCUT2D eigenvalue weighted by Crippen LogP contribution is 2.37. The van der Waals surface area contributed by atoms with Crippen molar-refractivity contribution in [1.82, 2.24) is 9.97 Å². The third kappa shape index (κ3) is 3.04. The number of rotatable bonds is 4. The molecule has 0 saturated carbocycles. The first-order valence-electron chi connectivity index (χ1n) is 6.53. The Labute approximate surface area is 138 Å². The molecular formula is C15H18IN3O2. The van der Waals surface area contributed by atoms with Gasteiger partial charge in [0.2, 0.25) is 0 Å². The molecule has 0 fully saturated rings. The molecule has 0 radical (unpaired) electrons. The number of hydrogen-bond acceptors (Lipinski definition) is 5. The molecule has 2 N–H and O–H groups in total. The average Bonchev–Trinajstić information content (AvgIpc) is 2.48. The van der Waals surface area contributed by atoms with Crippen LogP contribution in [0.5, 0.6) is 11.5 Å². The zero-order valence-electron chi connectivity index (χ0n) is 12.5. The Morgan fingerprint density at radius 2 is 1.86 bits per heavy atom. The van der Waals surface area contributed by atoms with E-state index in [2.05, 4.69) is 46.4 Å². The van der Waals surface area contributed by atoms with Crippen LogP contribution in [0.1, 0.15) is 25.5 Å². The maximum Gasteiger partial charge on any atom is 0.171 e. The first-order chi connectivity index (χ1) is 9.99. The third-order valence-corrected chi connectivity index (χ3v) is 4.20. The van der Waals surface area contributed by atoms with Gasteiger partial charge in [-0.1, -0.05) is 19.9 Å². The van der Waals surface area contributed by atoms with E-state index in [4.69, 9.17) is 15.2 Å². The molecule has 0 aliphatic rings. The molecule has 21 heavy (non-hydrogen) atoms. The second kappa shape index (κ2) is 6.46. The minimum Gasteiger partial charge on any atom is -0.493 e. The van der Waals surface area contributed by atoms with Gasteiger partial charge in [0, 0.05) is 0 Å². The standard InChI is InChI=1S/C15H18IN3O2/c1-8(2)12-11(16)14(17)19-15(18-12)9-6-5-7-10(20-3)13(9)21-4/h5-8H,1-4H3,(H2,17,18,19). The molecule has 0 aliphatic heterocycles. The number of benzene rings is 1. The maximum atomic E-state index is 6.03. The van der Waals surface area contributed by atoms with E-state index in [1.165, 1.54) is 0 Å². The normalized spacial score (nSPS) is 10.8. The van der Waals surface area contributed by atoms with Crippen LogP contribution in [0.15, 0.2) is 18.2 Å². The molecule has 0 bridgehead atoms. The van der Waals surface area contributed by atoms with Crippen LogP contribution in [0.25, 0.3) is 11.4 Å². The summed E-state index contributed by atoms with van der Waals surface area (Å²) in [6.07, 6.45) is 0. The summed E-state index contributed by atoms with van der Waals surface area (Å²) in [7, 11) is 3.20. The highest BCUT2D eigenvalue weighted by molar-refractivity contribution is 14.1. The molecule has 0 unspecified atom stereocenters. The van der Waals surface area contributed by atoms with Crippen molar-refractivity contribution < 1.29 is 9.47 Å². The van der Waals surface area contributed by atoms with E-state index in [1.54, 1.807) is 14.2 Å². The maximum absolute atomic E-state index is 6.03. The molecule has 1 aromatic carbocycles. The lowest BCUT2D eigenvalue weighted by Gasteiger charge is -2.15. The molecule has 0 atom stereocenters. The van der Waals surface area contributed by atoms with Gasteiger partial charge in [0.15, 0.2) is 17.3 Å². The van der Waals surface area contributed by atoms with Crippen molar-refractivity contribution in [3.8, 4) is 22.9 Å². The number of nitrogens with zero attached hydrogens (tertiary/aromatic N) is 2. The van der Waals surface area contributed by atoms with Gasteiger partial charge in [-0.2, -0.15) is 0 Å². The molecule has 0 amide bonds. The fraction of sp³-hybridized carbons (Fsp3) is 0.333. The van der Waals surface area contributed by atoms with E-state index in [0.717, 1.165) is 14.8 Å². The number of aromatic nitrogens is 2. The lowest BCUT2D eigenvalue weighted by Crippen LogP contribution is -2.07. The van der Waals surface area contributed by atoms with Crippen LogP contribution in [-0.4, -0.2) is 24.2 Å². The van der Waals surface area contributed by atoms with Gasteiger partial charge in [0.25, 0.3) is 0 Å². The van der Waals surface area contributed by atoms with E-state index < -0.39 is 0 Å². The highest BCUT2D eigenvalue weighted by Gasteiger charge is 2.18.